The Kier molecular flexibility index (Phi) is 7.97. The molecule has 0 N–H and O–H groups in total. The van der Waals surface area contributed by atoms with Crippen molar-refractivity contribution in [1.29, 1.82) is 0 Å². The SMILES string of the molecule is COc1ccc(CCN2C(=O)C(=Cc3cn(-c4ccccc4)nc3-c3ccc(Br)cc3)SC2=S)cc1OC. The van der Waals surface area contributed by atoms with Crippen molar-refractivity contribution < 1.29 is 14.3 Å². The van der Waals surface area contributed by atoms with Gasteiger partial charge >= 0.3 is 0 Å². The fourth-order valence-corrected chi connectivity index (χ4v) is 5.71. The van der Waals surface area contributed by atoms with E-state index >= 15 is 0 Å². The molecule has 9 heteroatoms. The smallest absolute Gasteiger partial charge is 0.266 e. The maximum absolute atomic E-state index is 13.4. The topological polar surface area (TPSA) is 56.6 Å². The Balaban J connectivity index is 1.42. The first-order valence-corrected chi connectivity index (χ1v) is 13.9. The van der Waals surface area contributed by atoms with E-state index in [1.54, 1.807) is 19.1 Å². The second-order valence-electron chi connectivity index (χ2n) is 8.49. The van der Waals surface area contributed by atoms with Crippen LogP contribution in [0.5, 0.6) is 11.5 Å². The van der Waals surface area contributed by atoms with E-state index in [0.29, 0.717) is 33.7 Å². The lowest BCUT2D eigenvalue weighted by Gasteiger charge is -2.15. The Morgan fingerprint density at radius 2 is 1.74 bits per heavy atom. The number of nitrogens with zero attached hydrogens (tertiary/aromatic N) is 3. The van der Waals surface area contributed by atoms with E-state index in [0.717, 1.165) is 32.5 Å². The average Bonchev–Trinajstić information content (AvgIpc) is 3.48. The first-order valence-electron chi connectivity index (χ1n) is 11.8. The van der Waals surface area contributed by atoms with E-state index in [9.17, 15) is 4.79 Å². The molecule has 4 aromatic rings. The van der Waals surface area contributed by atoms with Gasteiger partial charge in [-0.3, -0.25) is 9.69 Å². The monoisotopic (exact) mass is 605 g/mol. The molecule has 5 rings (SSSR count). The maximum atomic E-state index is 13.4. The van der Waals surface area contributed by atoms with Crippen molar-refractivity contribution in [2.75, 3.05) is 20.8 Å². The average molecular weight is 607 g/mol. The van der Waals surface area contributed by atoms with Gasteiger partial charge in [0.05, 0.1) is 30.5 Å². The highest BCUT2D eigenvalue weighted by atomic mass is 79.9. The molecule has 0 radical (unpaired) electrons. The third-order valence-electron chi connectivity index (χ3n) is 6.11. The minimum Gasteiger partial charge on any atom is -0.493 e. The van der Waals surface area contributed by atoms with Crippen molar-refractivity contribution >= 4 is 56.2 Å². The van der Waals surface area contributed by atoms with Crippen LogP contribution in [0.3, 0.4) is 0 Å². The lowest BCUT2D eigenvalue weighted by atomic mass is 10.1. The Morgan fingerprint density at radius 1 is 1.00 bits per heavy atom. The van der Waals surface area contributed by atoms with Crippen LogP contribution in [0.4, 0.5) is 0 Å². The summed E-state index contributed by atoms with van der Waals surface area (Å²) in [5.74, 6) is 1.23. The van der Waals surface area contributed by atoms with Gasteiger partial charge in [-0.05, 0) is 54.5 Å². The van der Waals surface area contributed by atoms with Gasteiger partial charge in [0, 0.05) is 28.3 Å². The molecule has 6 nitrogen and oxygen atoms in total. The molecule has 1 aliphatic rings. The van der Waals surface area contributed by atoms with Gasteiger partial charge in [0.1, 0.15) is 4.32 Å². The molecule has 1 amide bonds. The molecule has 0 unspecified atom stereocenters. The molecule has 38 heavy (non-hydrogen) atoms. The minimum atomic E-state index is -0.102. The Bertz CT molecular complexity index is 1520. The zero-order valence-corrected chi connectivity index (χ0v) is 24.0. The molecule has 0 aliphatic carbocycles. The molecule has 3 aromatic carbocycles. The normalized spacial score (nSPS) is 14.4. The summed E-state index contributed by atoms with van der Waals surface area (Å²) in [6.07, 6.45) is 4.47. The van der Waals surface area contributed by atoms with Crippen LogP contribution in [-0.4, -0.2) is 45.7 Å². The number of halogens is 1. The number of rotatable bonds is 8. The predicted octanol–water partition coefficient (Wildman–Crippen LogP) is 6.76. The number of ether oxygens (including phenoxy) is 2. The number of hydrogen-bond donors (Lipinski definition) is 0. The van der Waals surface area contributed by atoms with Crippen molar-refractivity contribution in [1.82, 2.24) is 14.7 Å². The van der Waals surface area contributed by atoms with E-state index in [2.05, 4.69) is 15.9 Å². The summed E-state index contributed by atoms with van der Waals surface area (Å²) in [5.41, 5.74) is 4.56. The van der Waals surface area contributed by atoms with Crippen LogP contribution in [0.25, 0.3) is 23.0 Å². The summed E-state index contributed by atoms with van der Waals surface area (Å²) < 4.78 is 14.1. The first kappa shape index (κ1) is 26.2. The summed E-state index contributed by atoms with van der Waals surface area (Å²) in [6.45, 7) is 0.473. The fraction of sp³-hybridized carbons (Fsp3) is 0.138. The number of aromatic nitrogens is 2. The van der Waals surface area contributed by atoms with Gasteiger partial charge < -0.3 is 9.47 Å². The quantitative estimate of drug-likeness (QED) is 0.163. The third-order valence-corrected chi connectivity index (χ3v) is 8.02. The molecule has 2 heterocycles. The fourth-order valence-electron chi connectivity index (χ4n) is 4.15. The Labute approximate surface area is 239 Å². The molecular weight excluding hydrogens is 582 g/mol. The van der Waals surface area contributed by atoms with Crippen LogP contribution in [0.15, 0.2) is 88.4 Å². The van der Waals surface area contributed by atoms with Crippen molar-refractivity contribution in [2.24, 2.45) is 0 Å². The van der Waals surface area contributed by atoms with Crippen molar-refractivity contribution in [3.63, 3.8) is 0 Å². The van der Waals surface area contributed by atoms with Gasteiger partial charge in [-0.2, -0.15) is 5.10 Å². The number of thiocarbonyl (C=S) groups is 1. The van der Waals surface area contributed by atoms with Crippen LogP contribution in [0.1, 0.15) is 11.1 Å². The number of carbonyl (C=O) groups is 1. The number of benzene rings is 3. The Morgan fingerprint density at radius 3 is 2.45 bits per heavy atom. The molecule has 192 valence electrons. The largest absolute Gasteiger partial charge is 0.493 e. The highest BCUT2D eigenvalue weighted by molar-refractivity contribution is 9.10. The second-order valence-corrected chi connectivity index (χ2v) is 11.1. The van der Waals surface area contributed by atoms with Crippen LogP contribution in [-0.2, 0) is 11.2 Å². The van der Waals surface area contributed by atoms with Gasteiger partial charge in [0.25, 0.3) is 5.91 Å². The van der Waals surface area contributed by atoms with Crippen molar-refractivity contribution in [3.05, 3.63) is 99.5 Å². The van der Waals surface area contributed by atoms with E-state index in [-0.39, 0.29) is 5.91 Å². The summed E-state index contributed by atoms with van der Waals surface area (Å²) in [6, 6.07) is 23.6. The molecule has 0 bridgehead atoms. The number of carbonyl (C=O) groups excluding carboxylic acids is 1. The van der Waals surface area contributed by atoms with Crippen molar-refractivity contribution in [3.8, 4) is 28.4 Å². The van der Waals surface area contributed by atoms with Gasteiger partial charge in [-0.1, -0.05) is 76.3 Å². The van der Waals surface area contributed by atoms with Gasteiger partial charge in [-0.25, -0.2) is 4.68 Å². The third kappa shape index (κ3) is 5.55. The highest BCUT2D eigenvalue weighted by Crippen LogP contribution is 2.35. The molecular formula is C29H24BrN3O3S2. The molecule has 1 saturated heterocycles. The molecule has 1 aliphatic heterocycles. The number of hydrogen-bond acceptors (Lipinski definition) is 6. The number of para-hydroxylation sites is 1. The maximum Gasteiger partial charge on any atom is 0.266 e. The molecule has 0 saturated carbocycles. The van der Waals surface area contributed by atoms with Crippen LogP contribution in [0, 0.1) is 0 Å². The van der Waals surface area contributed by atoms with Gasteiger partial charge in [0.2, 0.25) is 0 Å². The van der Waals surface area contributed by atoms with E-state index in [4.69, 9.17) is 26.8 Å². The molecule has 0 atom stereocenters. The molecule has 1 aromatic heterocycles. The van der Waals surface area contributed by atoms with E-state index in [1.807, 2.05) is 89.8 Å². The second kappa shape index (κ2) is 11.6. The standard InChI is InChI=1S/C29H24BrN3O3S2/c1-35-24-13-8-19(16-25(24)36-2)14-15-32-28(34)26(38-29(32)37)17-21-18-33(23-6-4-3-5-7-23)31-27(21)20-9-11-22(30)12-10-20/h3-13,16-18H,14-15H2,1-2H3. The summed E-state index contributed by atoms with van der Waals surface area (Å²) in [4.78, 5) is 15.6. The van der Waals surface area contributed by atoms with E-state index in [1.165, 1.54) is 11.8 Å². The molecule has 0 spiro atoms. The van der Waals surface area contributed by atoms with Gasteiger partial charge in [0.15, 0.2) is 11.5 Å². The van der Waals surface area contributed by atoms with Gasteiger partial charge in [-0.15, -0.1) is 0 Å². The zero-order valence-electron chi connectivity index (χ0n) is 20.8. The van der Waals surface area contributed by atoms with Crippen LogP contribution >= 0.6 is 39.9 Å². The zero-order chi connectivity index (χ0) is 26.6. The summed E-state index contributed by atoms with van der Waals surface area (Å²) in [5, 5.41) is 4.86. The highest BCUT2D eigenvalue weighted by Gasteiger charge is 2.32. The predicted molar refractivity (Wildman–Crippen MR) is 160 cm³/mol. The van der Waals surface area contributed by atoms with E-state index < -0.39 is 0 Å². The minimum absolute atomic E-state index is 0.102. The number of amides is 1. The number of thioether (sulfide) groups is 1. The number of methoxy groups -OCH3 is 2. The summed E-state index contributed by atoms with van der Waals surface area (Å²) >= 11 is 10.4. The van der Waals surface area contributed by atoms with Crippen LogP contribution < -0.4 is 9.47 Å². The van der Waals surface area contributed by atoms with Crippen molar-refractivity contribution in [2.45, 2.75) is 6.42 Å². The molecule has 1 fully saturated rings. The van der Waals surface area contributed by atoms with Crippen LogP contribution in [0.2, 0.25) is 0 Å². The lowest BCUT2D eigenvalue weighted by molar-refractivity contribution is -0.122. The Hall–Kier alpha value is -3.40. The lowest BCUT2D eigenvalue weighted by Crippen LogP contribution is -2.30. The summed E-state index contributed by atoms with van der Waals surface area (Å²) in [7, 11) is 3.21. The first-order chi connectivity index (χ1) is 18.5.